The van der Waals surface area contributed by atoms with E-state index in [9.17, 15) is 9.90 Å². The van der Waals surface area contributed by atoms with E-state index < -0.39 is 11.5 Å². The molecule has 0 aromatic carbocycles. The molecule has 3 atom stereocenters. The molecule has 2 N–H and O–H groups in total. The molecule has 0 aliphatic carbocycles. The van der Waals surface area contributed by atoms with Gasteiger partial charge in [-0.05, 0) is 25.7 Å². The SMILES string of the molecule is N#CC1(CO)C[C@H]2CC[C@@H](C1)N2C(=O)O. The molecule has 2 aliphatic rings. The van der Waals surface area contributed by atoms with Crippen LogP contribution in [0.5, 0.6) is 0 Å². The molecule has 5 heteroatoms. The van der Waals surface area contributed by atoms with Crippen LogP contribution >= 0.6 is 0 Å². The van der Waals surface area contributed by atoms with E-state index in [1.165, 1.54) is 4.90 Å². The van der Waals surface area contributed by atoms with Crippen LogP contribution in [0.1, 0.15) is 25.7 Å². The van der Waals surface area contributed by atoms with Crippen molar-refractivity contribution in [3.05, 3.63) is 0 Å². The van der Waals surface area contributed by atoms with E-state index in [0.717, 1.165) is 12.8 Å². The van der Waals surface area contributed by atoms with Crippen LogP contribution in [-0.4, -0.2) is 39.9 Å². The third kappa shape index (κ3) is 1.45. The van der Waals surface area contributed by atoms with Crippen LogP contribution in [0.2, 0.25) is 0 Å². The predicted octanol–water partition coefficient (Wildman–Crippen LogP) is 0.793. The molecule has 2 rings (SSSR count). The second-order valence-corrected chi connectivity index (χ2v) is 4.53. The summed E-state index contributed by atoms with van der Waals surface area (Å²) in [4.78, 5) is 12.4. The normalized spacial score (nSPS) is 38.8. The van der Waals surface area contributed by atoms with Gasteiger partial charge < -0.3 is 15.1 Å². The van der Waals surface area contributed by atoms with Crippen molar-refractivity contribution in [1.29, 1.82) is 5.26 Å². The van der Waals surface area contributed by atoms with Gasteiger partial charge in [0.25, 0.3) is 0 Å². The summed E-state index contributed by atoms with van der Waals surface area (Å²) in [5.41, 5.74) is -0.711. The zero-order valence-electron chi connectivity index (χ0n) is 8.39. The molecule has 0 aromatic heterocycles. The van der Waals surface area contributed by atoms with Crippen molar-refractivity contribution in [1.82, 2.24) is 4.90 Å². The second kappa shape index (κ2) is 3.38. The fraction of sp³-hybridized carbons (Fsp3) is 0.800. The van der Waals surface area contributed by atoms with Gasteiger partial charge in [-0.2, -0.15) is 5.26 Å². The van der Waals surface area contributed by atoms with Crippen LogP contribution in [0.25, 0.3) is 0 Å². The molecule has 2 heterocycles. The highest BCUT2D eigenvalue weighted by Crippen LogP contribution is 2.44. The van der Waals surface area contributed by atoms with Crippen molar-refractivity contribution in [3.63, 3.8) is 0 Å². The Hall–Kier alpha value is -1.28. The number of amides is 1. The van der Waals surface area contributed by atoms with E-state index >= 15 is 0 Å². The number of nitrogens with zero attached hydrogens (tertiary/aromatic N) is 2. The van der Waals surface area contributed by atoms with Gasteiger partial charge in [0.15, 0.2) is 0 Å². The van der Waals surface area contributed by atoms with Crippen molar-refractivity contribution in [2.75, 3.05) is 6.61 Å². The van der Waals surface area contributed by atoms with E-state index in [2.05, 4.69) is 6.07 Å². The first-order valence-corrected chi connectivity index (χ1v) is 5.15. The van der Waals surface area contributed by atoms with Crippen LogP contribution in [-0.2, 0) is 0 Å². The fourth-order valence-electron chi connectivity index (χ4n) is 2.92. The maximum atomic E-state index is 11.0. The van der Waals surface area contributed by atoms with Crippen molar-refractivity contribution in [2.24, 2.45) is 5.41 Å². The standard InChI is InChI=1S/C10H14N2O3/c11-5-10(6-13)3-7-1-2-8(4-10)12(7)9(14)15/h7-8,13H,1-4,6H2,(H,14,15)/t7-,8+,10?. The highest BCUT2D eigenvalue weighted by molar-refractivity contribution is 5.66. The lowest BCUT2D eigenvalue weighted by atomic mass is 9.77. The molecule has 2 aliphatic heterocycles. The van der Waals surface area contributed by atoms with Crippen LogP contribution < -0.4 is 0 Å². The molecule has 1 unspecified atom stereocenters. The third-order valence-electron chi connectivity index (χ3n) is 3.63. The van der Waals surface area contributed by atoms with Gasteiger partial charge in [-0.25, -0.2) is 4.79 Å². The number of hydrogen-bond acceptors (Lipinski definition) is 3. The second-order valence-electron chi connectivity index (χ2n) is 4.53. The molecule has 0 saturated carbocycles. The summed E-state index contributed by atoms with van der Waals surface area (Å²) >= 11 is 0. The summed E-state index contributed by atoms with van der Waals surface area (Å²) in [6.45, 7) is -0.163. The zero-order valence-corrected chi connectivity index (χ0v) is 8.39. The number of carbonyl (C=O) groups is 1. The monoisotopic (exact) mass is 210 g/mol. The average molecular weight is 210 g/mol. The van der Waals surface area contributed by atoms with Gasteiger partial charge in [0, 0.05) is 12.1 Å². The van der Waals surface area contributed by atoms with Gasteiger partial charge in [0.1, 0.15) is 0 Å². The Kier molecular flexibility index (Phi) is 2.31. The van der Waals surface area contributed by atoms with Crippen LogP contribution in [0.3, 0.4) is 0 Å². The van der Waals surface area contributed by atoms with E-state index in [0.29, 0.717) is 12.8 Å². The Balaban J connectivity index is 2.22. The van der Waals surface area contributed by atoms with Gasteiger partial charge in [-0.1, -0.05) is 0 Å². The molecular formula is C10H14N2O3. The molecule has 2 saturated heterocycles. The van der Waals surface area contributed by atoms with E-state index in [1.54, 1.807) is 0 Å². The summed E-state index contributed by atoms with van der Waals surface area (Å²) in [7, 11) is 0. The number of aliphatic hydroxyl groups excluding tert-OH is 1. The van der Waals surface area contributed by atoms with Crippen molar-refractivity contribution in [2.45, 2.75) is 37.8 Å². The minimum Gasteiger partial charge on any atom is -0.465 e. The summed E-state index contributed by atoms with van der Waals surface area (Å²) in [5.74, 6) is 0. The van der Waals surface area contributed by atoms with E-state index in [-0.39, 0.29) is 18.7 Å². The smallest absolute Gasteiger partial charge is 0.407 e. The first-order chi connectivity index (χ1) is 7.12. The molecule has 1 amide bonds. The topological polar surface area (TPSA) is 84.6 Å². The van der Waals surface area contributed by atoms with Crippen molar-refractivity contribution in [3.8, 4) is 6.07 Å². The number of nitriles is 1. The average Bonchev–Trinajstić information content (AvgIpc) is 2.51. The highest BCUT2D eigenvalue weighted by atomic mass is 16.4. The lowest BCUT2D eigenvalue weighted by Crippen LogP contribution is -2.50. The maximum absolute atomic E-state index is 11.0. The van der Waals surface area contributed by atoms with Crippen LogP contribution in [0.15, 0.2) is 0 Å². The van der Waals surface area contributed by atoms with E-state index in [4.69, 9.17) is 10.4 Å². The molecule has 0 aromatic rings. The molecule has 5 nitrogen and oxygen atoms in total. The van der Waals surface area contributed by atoms with Gasteiger partial charge in [-0.3, -0.25) is 0 Å². The minimum atomic E-state index is -0.896. The number of rotatable bonds is 1. The molecule has 2 fully saturated rings. The zero-order chi connectivity index (χ0) is 11.1. The molecule has 0 spiro atoms. The summed E-state index contributed by atoms with van der Waals surface area (Å²) in [6, 6.07) is 2.01. The Morgan fingerprint density at radius 1 is 1.47 bits per heavy atom. The fourth-order valence-corrected chi connectivity index (χ4v) is 2.92. The van der Waals surface area contributed by atoms with Gasteiger partial charge >= 0.3 is 6.09 Å². The van der Waals surface area contributed by atoms with Gasteiger partial charge in [0.2, 0.25) is 0 Å². The largest absolute Gasteiger partial charge is 0.465 e. The van der Waals surface area contributed by atoms with E-state index in [1.807, 2.05) is 0 Å². The summed E-state index contributed by atoms with van der Waals surface area (Å²) in [5, 5.41) is 27.3. The lowest BCUT2D eigenvalue weighted by Gasteiger charge is -2.40. The van der Waals surface area contributed by atoms with Crippen molar-refractivity contribution >= 4 is 6.09 Å². The highest BCUT2D eigenvalue weighted by Gasteiger charge is 2.50. The van der Waals surface area contributed by atoms with Crippen molar-refractivity contribution < 1.29 is 15.0 Å². The Labute approximate surface area is 87.9 Å². The quantitative estimate of drug-likeness (QED) is 0.670. The lowest BCUT2D eigenvalue weighted by molar-refractivity contribution is 0.0386. The van der Waals surface area contributed by atoms with Crippen LogP contribution in [0.4, 0.5) is 4.79 Å². The predicted molar refractivity (Wildman–Crippen MR) is 51.0 cm³/mol. The summed E-state index contributed by atoms with van der Waals surface area (Å²) in [6.07, 6.45) is 1.69. The van der Waals surface area contributed by atoms with Crippen LogP contribution in [0, 0.1) is 16.7 Å². The molecule has 15 heavy (non-hydrogen) atoms. The Morgan fingerprint density at radius 2 is 2.00 bits per heavy atom. The third-order valence-corrected chi connectivity index (χ3v) is 3.63. The first-order valence-electron chi connectivity index (χ1n) is 5.15. The number of aliphatic hydroxyl groups is 1. The number of hydrogen-bond donors (Lipinski definition) is 2. The Bertz CT molecular complexity index is 309. The number of piperidine rings is 1. The molecule has 2 bridgehead atoms. The molecule has 0 radical (unpaired) electrons. The van der Waals surface area contributed by atoms with Gasteiger partial charge in [-0.15, -0.1) is 0 Å². The minimum absolute atomic E-state index is 0.0759. The number of carboxylic acid groups (broad SMARTS) is 1. The molecule has 82 valence electrons. The maximum Gasteiger partial charge on any atom is 0.407 e. The van der Waals surface area contributed by atoms with Gasteiger partial charge in [0.05, 0.1) is 18.1 Å². The first kappa shape index (κ1) is 10.2. The Morgan fingerprint density at radius 3 is 2.33 bits per heavy atom. The number of fused-ring (bicyclic) bond motifs is 2. The molecular weight excluding hydrogens is 196 g/mol. The summed E-state index contributed by atoms with van der Waals surface area (Å²) < 4.78 is 0.